The zero-order valence-corrected chi connectivity index (χ0v) is 13.0. The highest BCUT2D eigenvalue weighted by Gasteiger charge is 2.45. The lowest BCUT2D eigenvalue weighted by atomic mass is 9.87. The number of nitrogens with zero attached hydrogens (tertiary/aromatic N) is 2. The van der Waals surface area contributed by atoms with Crippen LogP contribution in [0.15, 0.2) is 23.1 Å². The number of ether oxygens (including phenoxy) is 1. The highest BCUT2D eigenvalue weighted by atomic mass is 35.5. The molecule has 2 aliphatic rings. The van der Waals surface area contributed by atoms with Gasteiger partial charge in [0.2, 0.25) is 10.0 Å². The van der Waals surface area contributed by atoms with Crippen LogP contribution in [0.3, 0.4) is 0 Å². The van der Waals surface area contributed by atoms with Crippen LogP contribution in [0.1, 0.15) is 18.4 Å². The molecule has 1 spiro atoms. The molecular formula is C14H15ClN2O3S. The molecule has 2 heterocycles. The maximum atomic E-state index is 12.8. The van der Waals surface area contributed by atoms with Gasteiger partial charge in [-0.1, -0.05) is 17.7 Å². The SMILES string of the molecule is N#Cc1cccc(S(=O)(=O)N2CCC3(CCOC3)C2)c1Cl. The topological polar surface area (TPSA) is 70.4 Å². The van der Waals surface area contributed by atoms with E-state index in [0.29, 0.717) is 26.3 Å². The molecule has 1 aromatic carbocycles. The molecule has 0 aromatic heterocycles. The zero-order chi connectivity index (χ0) is 15.1. The van der Waals surface area contributed by atoms with Crippen LogP contribution in [-0.4, -0.2) is 39.0 Å². The monoisotopic (exact) mass is 326 g/mol. The minimum Gasteiger partial charge on any atom is -0.381 e. The van der Waals surface area contributed by atoms with Crippen molar-refractivity contribution in [3.63, 3.8) is 0 Å². The second-order valence-corrected chi connectivity index (χ2v) is 7.90. The van der Waals surface area contributed by atoms with Gasteiger partial charge in [0, 0.05) is 25.1 Å². The average molecular weight is 327 g/mol. The number of nitriles is 1. The van der Waals surface area contributed by atoms with E-state index in [2.05, 4.69) is 0 Å². The molecule has 0 N–H and O–H groups in total. The van der Waals surface area contributed by atoms with E-state index in [1.807, 2.05) is 6.07 Å². The maximum absolute atomic E-state index is 12.8. The Balaban J connectivity index is 1.94. The van der Waals surface area contributed by atoms with Crippen LogP contribution in [0, 0.1) is 16.7 Å². The molecule has 0 bridgehead atoms. The number of hydrogen-bond donors (Lipinski definition) is 0. The molecular weight excluding hydrogens is 312 g/mol. The van der Waals surface area contributed by atoms with Gasteiger partial charge in [-0.15, -0.1) is 0 Å². The van der Waals surface area contributed by atoms with E-state index in [1.165, 1.54) is 16.4 Å². The van der Waals surface area contributed by atoms with Crippen molar-refractivity contribution >= 4 is 21.6 Å². The smallest absolute Gasteiger partial charge is 0.244 e. The van der Waals surface area contributed by atoms with Crippen LogP contribution in [-0.2, 0) is 14.8 Å². The van der Waals surface area contributed by atoms with E-state index in [9.17, 15) is 8.42 Å². The van der Waals surface area contributed by atoms with Crippen LogP contribution in [0.4, 0.5) is 0 Å². The Hall–Kier alpha value is -1.13. The molecule has 2 aliphatic heterocycles. The first-order chi connectivity index (χ1) is 9.98. The summed E-state index contributed by atoms with van der Waals surface area (Å²) < 4.78 is 32.4. The van der Waals surface area contributed by atoms with Gasteiger partial charge in [-0.2, -0.15) is 9.57 Å². The second kappa shape index (κ2) is 5.25. The summed E-state index contributed by atoms with van der Waals surface area (Å²) in [4.78, 5) is 0.0131. The van der Waals surface area contributed by atoms with Crippen molar-refractivity contribution in [2.45, 2.75) is 17.7 Å². The molecule has 2 fully saturated rings. The lowest BCUT2D eigenvalue weighted by Gasteiger charge is -2.22. The van der Waals surface area contributed by atoms with Crippen molar-refractivity contribution in [3.05, 3.63) is 28.8 Å². The second-order valence-electron chi connectivity index (χ2n) is 5.62. The molecule has 0 amide bonds. The predicted molar refractivity (Wildman–Crippen MR) is 77.4 cm³/mol. The van der Waals surface area contributed by atoms with E-state index in [1.54, 1.807) is 6.07 Å². The van der Waals surface area contributed by atoms with Gasteiger partial charge < -0.3 is 4.74 Å². The molecule has 0 radical (unpaired) electrons. The molecule has 112 valence electrons. The lowest BCUT2D eigenvalue weighted by molar-refractivity contribution is 0.157. The van der Waals surface area contributed by atoms with Crippen molar-refractivity contribution in [1.29, 1.82) is 5.26 Å². The fourth-order valence-corrected chi connectivity index (χ4v) is 5.11. The minimum absolute atomic E-state index is 0.00335. The molecule has 5 nitrogen and oxygen atoms in total. The summed E-state index contributed by atoms with van der Waals surface area (Å²) in [6.45, 7) is 2.24. The minimum atomic E-state index is -3.67. The third-order valence-corrected chi connectivity index (χ3v) is 6.70. The standard InChI is InChI=1S/C14H15ClN2O3S/c15-13-11(8-16)2-1-3-12(13)21(18,19)17-6-4-14(9-17)5-7-20-10-14/h1-3H,4-7,9-10H2. The van der Waals surface area contributed by atoms with Gasteiger partial charge in [-0.05, 0) is 25.0 Å². The van der Waals surface area contributed by atoms with Crippen molar-refractivity contribution in [2.75, 3.05) is 26.3 Å². The molecule has 3 rings (SSSR count). The molecule has 1 atom stereocenters. The Morgan fingerprint density at radius 2 is 2.19 bits per heavy atom. The average Bonchev–Trinajstić information content (AvgIpc) is 3.10. The Labute approximate surface area is 129 Å². The maximum Gasteiger partial charge on any atom is 0.244 e. The Morgan fingerprint density at radius 3 is 2.86 bits per heavy atom. The van der Waals surface area contributed by atoms with Crippen molar-refractivity contribution < 1.29 is 13.2 Å². The van der Waals surface area contributed by atoms with Gasteiger partial charge in [0.25, 0.3) is 0 Å². The lowest BCUT2D eigenvalue weighted by Crippen LogP contribution is -2.32. The molecule has 1 aromatic rings. The fraction of sp³-hybridized carbons (Fsp3) is 0.500. The summed E-state index contributed by atoms with van der Waals surface area (Å²) in [6.07, 6.45) is 1.70. The first-order valence-electron chi connectivity index (χ1n) is 6.75. The van der Waals surface area contributed by atoms with Gasteiger partial charge >= 0.3 is 0 Å². The summed E-state index contributed by atoms with van der Waals surface area (Å²) >= 11 is 6.07. The van der Waals surface area contributed by atoms with E-state index >= 15 is 0 Å². The van der Waals surface area contributed by atoms with E-state index < -0.39 is 10.0 Å². The fourth-order valence-electron chi connectivity index (χ4n) is 3.01. The van der Waals surface area contributed by atoms with Crippen molar-refractivity contribution in [2.24, 2.45) is 5.41 Å². The summed E-state index contributed by atoms with van der Waals surface area (Å²) in [5, 5.41) is 8.99. The predicted octanol–water partition coefficient (Wildman–Crippen LogP) is 2.01. The highest BCUT2D eigenvalue weighted by Crippen LogP contribution is 2.41. The quantitative estimate of drug-likeness (QED) is 0.833. The Morgan fingerprint density at radius 1 is 1.38 bits per heavy atom. The third kappa shape index (κ3) is 2.44. The van der Waals surface area contributed by atoms with Gasteiger partial charge in [0.15, 0.2) is 0 Å². The molecule has 21 heavy (non-hydrogen) atoms. The van der Waals surface area contributed by atoms with Gasteiger partial charge in [0.05, 0.1) is 17.2 Å². The first-order valence-corrected chi connectivity index (χ1v) is 8.57. The summed E-state index contributed by atoms with van der Waals surface area (Å²) in [5.74, 6) is 0. The normalized spacial score (nSPS) is 26.3. The van der Waals surface area contributed by atoms with Crippen LogP contribution in [0.2, 0.25) is 5.02 Å². The number of sulfonamides is 1. The number of benzene rings is 1. The number of rotatable bonds is 2. The zero-order valence-electron chi connectivity index (χ0n) is 11.4. The van der Waals surface area contributed by atoms with Crippen LogP contribution in [0.5, 0.6) is 0 Å². The third-order valence-electron chi connectivity index (χ3n) is 4.29. The van der Waals surface area contributed by atoms with E-state index in [-0.39, 0.29) is 20.9 Å². The molecule has 0 saturated carbocycles. The summed E-state index contributed by atoms with van der Waals surface area (Å²) in [7, 11) is -3.67. The number of hydrogen-bond acceptors (Lipinski definition) is 4. The van der Waals surface area contributed by atoms with Crippen LogP contribution >= 0.6 is 11.6 Å². The largest absolute Gasteiger partial charge is 0.381 e. The van der Waals surface area contributed by atoms with Gasteiger partial charge in [-0.3, -0.25) is 0 Å². The highest BCUT2D eigenvalue weighted by molar-refractivity contribution is 7.89. The van der Waals surface area contributed by atoms with Crippen molar-refractivity contribution in [1.82, 2.24) is 4.31 Å². The van der Waals surface area contributed by atoms with Crippen LogP contribution < -0.4 is 0 Å². The number of halogens is 1. The van der Waals surface area contributed by atoms with Crippen LogP contribution in [0.25, 0.3) is 0 Å². The summed E-state index contributed by atoms with van der Waals surface area (Å²) in [5.41, 5.74) is 0.127. The molecule has 1 unspecified atom stereocenters. The van der Waals surface area contributed by atoms with E-state index in [4.69, 9.17) is 21.6 Å². The summed E-state index contributed by atoms with van der Waals surface area (Å²) in [6, 6.07) is 6.42. The van der Waals surface area contributed by atoms with Gasteiger partial charge in [0.1, 0.15) is 11.0 Å². The molecule has 2 saturated heterocycles. The Bertz CT molecular complexity index is 705. The first kappa shape index (κ1) is 14.8. The Kier molecular flexibility index (Phi) is 3.70. The molecule has 0 aliphatic carbocycles. The van der Waals surface area contributed by atoms with Gasteiger partial charge in [-0.25, -0.2) is 8.42 Å². The molecule has 7 heteroatoms. The van der Waals surface area contributed by atoms with Crippen molar-refractivity contribution in [3.8, 4) is 6.07 Å². The van der Waals surface area contributed by atoms with E-state index in [0.717, 1.165) is 12.8 Å².